The van der Waals surface area contributed by atoms with Gasteiger partial charge in [0.25, 0.3) is 0 Å². The summed E-state index contributed by atoms with van der Waals surface area (Å²) in [5.41, 5.74) is 2.38. The van der Waals surface area contributed by atoms with E-state index in [1.165, 1.54) is 12.1 Å². The largest absolute Gasteiger partial charge is 0.491 e. The van der Waals surface area contributed by atoms with Crippen molar-refractivity contribution in [2.45, 2.75) is 12.5 Å². The van der Waals surface area contributed by atoms with E-state index >= 15 is 0 Å². The number of pyridine rings is 1. The minimum atomic E-state index is -0.341. The molecule has 2 aromatic carbocycles. The molecule has 4 rings (SSSR count). The average molecular weight is 427 g/mol. The quantitative estimate of drug-likeness (QED) is 0.554. The van der Waals surface area contributed by atoms with Crippen LogP contribution in [-0.4, -0.2) is 36.0 Å². The van der Waals surface area contributed by atoms with Gasteiger partial charge in [-0.1, -0.05) is 30.3 Å². The van der Waals surface area contributed by atoms with E-state index in [0.29, 0.717) is 23.7 Å². The smallest absolute Gasteiger partial charge is 0.242 e. The fourth-order valence-corrected chi connectivity index (χ4v) is 3.51. The van der Waals surface area contributed by atoms with E-state index in [2.05, 4.69) is 4.98 Å². The molecule has 1 atom stereocenters. The summed E-state index contributed by atoms with van der Waals surface area (Å²) < 4.78 is 24.8. The van der Waals surface area contributed by atoms with Crippen molar-refractivity contribution >= 4 is 23.2 Å². The molecule has 5 nitrogen and oxygen atoms in total. The Bertz CT molecular complexity index is 1010. The second-order valence-corrected chi connectivity index (χ2v) is 7.22. The van der Waals surface area contributed by atoms with Crippen LogP contribution in [0.1, 0.15) is 11.1 Å². The third-order valence-corrected chi connectivity index (χ3v) is 5.04. The van der Waals surface area contributed by atoms with E-state index in [0.717, 1.165) is 11.1 Å². The first-order valence-corrected chi connectivity index (χ1v) is 10.1. The van der Waals surface area contributed by atoms with Crippen molar-refractivity contribution < 1.29 is 18.7 Å². The molecular weight excluding hydrogens is 407 g/mol. The molecule has 0 N–H and O–H groups in total. The maximum Gasteiger partial charge on any atom is 0.242 e. The minimum absolute atomic E-state index is 0.163. The Morgan fingerprint density at radius 1 is 1.17 bits per heavy atom. The summed E-state index contributed by atoms with van der Waals surface area (Å²) in [5, 5.41) is 0. The van der Waals surface area contributed by atoms with Gasteiger partial charge >= 0.3 is 0 Å². The first kappa shape index (κ1) is 20.2. The summed E-state index contributed by atoms with van der Waals surface area (Å²) in [4.78, 5) is 18.7. The topological polar surface area (TPSA) is 51.7 Å². The van der Waals surface area contributed by atoms with Gasteiger partial charge in [0, 0.05) is 6.20 Å². The number of aromatic nitrogens is 1. The number of rotatable bonds is 6. The van der Waals surface area contributed by atoms with Crippen LogP contribution in [0.4, 0.5) is 10.1 Å². The molecule has 0 saturated heterocycles. The summed E-state index contributed by atoms with van der Waals surface area (Å²) in [6.07, 6.45) is 2.25. The van der Waals surface area contributed by atoms with Crippen molar-refractivity contribution in [2.24, 2.45) is 0 Å². The molecule has 0 fully saturated rings. The SMILES string of the molecule is O=C(CCl)N1c2cc(Cc3ccc(F)cc3)cnc2OC[C@@H]1COc1ccccc1. The molecule has 3 aromatic rings. The van der Waals surface area contributed by atoms with Crippen molar-refractivity contribution in [1.29, 1.82) is 0 Å². The van der Waals surface area contributed by atoms with Crippen molar-refractivity contribution in [3.8, 4) is 11.6 Å². The zero-order valence-electron chi connectivity index (χ0n) is 16.1. The molecule has 1 amide bonds. The Labute approximate surface area is 179 Å². The number of alkyl halides is 1. The Morgan fingerprint density at radius 2 is 1.93 bits per heavy atom. The number of amides is 1. The molecule has 1 aromatic heterocycles. The third-order valence-electron chi connectivity index (χ3n) is 4.82. The van der Waals surface area contributed by atoms with E-state index in [4.69, 9.17) is 21.1 Å². The highest BCUT2D eigenvalue weighted by molar-refractivity contribution is 6.29. The van der Waals surface area contributed by atoms with Gasteiger partial charge in [-0.25, -0.2) is 9.37 Å². The molecular formula is C23H20ClFN2O3. The third kappa shape index (κ3) is 4.54. The van der Waals surface area contributed by atoms with Crippen LogP contribution in [0.3, 0.4) is 0 Å². The Balaban J connectivity index is 1.58. The van der Waals surface area contributed by atoms with Crippen LogP contribution < -0.4 is 14.4 Å². The number of benzene rings is 2. The highest BCUT2D eigenvalue weighted by Gasteiger charge is 2.33. The van der Waals surface area contributed by atoms with Gasteiger partial charge in [-0.05, 0) is 47.9 Å². The van der Waals surface area contributed by atoms with E-state index in [1.54, 1.807) is 23.2 Å². The lowest BCUT2D eigenvalue weighted by Crippen LogP contribution is -2.50. The molecule has 0 radical (unpaired) electrons. The number of halogens is 2. The maximum atomic E-state index is 13.2. The van der Waals surface area contributed by atoms with Crippen LogP contribution in [0, 0.1) is 5.82 Å². The Hall–Kier alpha value is -3.12. The monoisotopic (exact) mass is 426 g/mol. The lowest BCUT2D eigenvalue weighted by molar-refractivity contribution is -0.117. The number of carbonyl (C=O) groups excluding carboxylic acids is 1. The number of hydrogen-bond donors (Lipinski definition) is 0. The van der Waals surface area contributed by atoms with Crippen molar-refractivity contribution in [1.82, 2.24) is 4.98 Å². The zero-order valence-corrected chi connectivity index (χ0v) is 16.9. The fraction of sp³-hybridized carbons (Fsp3) is 0.217. The number of fused-ring (bicyclic) bond motifs is 1. The second-order valence-electron chi connectivity index (χ2n) is 6.96. The molecule has 0 saturated carbocycles. The minimum Gasteiger partial charge on any atom is -0.491 e. The highest BCUT2D eigenvalue weighted by Crippen LogP contribution is 2.34. The molecule has 1 aliphatic heterocycles. The first-order valence-electron chi connectivity index (χ1n) is 9.56. The van der Waals surface area contributed by atoms with Crippen molar-refractivity contribution in [3.05, 3.63) is 83.8 Å². The van der Waals surface area contributed by atoms with Crippen LogP contribution >= 0.6 is 11.6 Å². The van der Waals surface area contributed by atoms with E-state index in [1.807, 2.05) is 36.4 Å². The molecule has 0 spiro atoms. The number of anilines is 1. The molecule has 1 aliphatic rings. The van der Waals surface area contributed by atoms with Crippen LogP contribution in [-0.2, 0) is 11.2 Å². The Kier molecular flexibility index (Phi) is 6.14. The van der Waals surface area contributed by atoms with Gasteiger partial charge in [-0.3, -0.25) is 9.69 Å². The van der Waals surface area contributed by atoms with Crippen molar-refractivity contribution in [2.75, 3.05) is 24.0 Å². The maximum absolute atomic E-state index is 13.2. The van der Waals surface area contributed by atoms with Crippen molar-refractivity contribution in [3.63, 3.8) is 0 Å². The fourth-order valence-electron chi connectivity index (χ4n) is 3.38. The number of carbonyl (C=O) groups is 1. The molecule has 0 unspecified atom stereocenters. The van der Waals surface area contributed by atoms with E-state index < -0.39 is 0 Å². The van der Waals surface area contributed by atoms with Gasteiger partial charge in [0.15, 0.2) is 0 Å². The summed E-state index contributed by atoms with van der Waals surface area (Å²) >= 11 is 5.89. The number of ether oxygens (including phenoxy) is 2. The van der Waals surface area contributed by atoms with Crippen LogP contribution in [0.25, 0.3) is 0 Å². The molecule has 30 heavy (non-hydrogen) atoms. The van der Waals surface area contributed by atoms with Crippen LogP contribution in [0.2, 0.25) is 0 Å². The Morgan fingerprint density at radius 3 is 2.67 bits per heavy atom. The van der Waals surface area contributed by atoms with Gasteiger partial charge in [0.2, 0.25) is 11.8 Å². The number of nitrogens with zero attached hydrogens (tertiary/aromatic N) is 2. The molecule has 0 aliphatic carbocycles. The number of hydrogen-bond acceptors (Lipinski definition) is 4. The summed E-state index contributed by atoms with van der Waals surface area (Å²) in [7, 11) is 0. The summed E-state index contributed by atoms with van der Waals surface area (Å²) in [6.45, 7) is 0.515. The van der Waals surface area contributed by atoms with Gasteiger partial charge in [-0.15, -0.1) is 11.6 Å². The lowest BCUT2D eigenvalue weighted by Gasteiger charge is -2.36. The van der Waals surface area contributed by atoms with E-state index in [-0.39, 0.29) is 36.9 Å². The standard InChI is InChI=1S/C23H20ClFN2O3/c24-12-22(28)27-19(14-29-20-4-2-1-3-5-20)15-30-23-21(27)11-17(13-26-23)10-16-6-8-18(25)9-7-16/h1-9,11,13,19H,10,12,14-15H2/t19-/m0/s1. The molecule has 0 bridgehead atoms. The van der Waals surface area contributed by atoms with Gasteiger partial charge in [0.05, 0.1) is 0 Å². The zero-order chi connectivity index (χ0) is 20.9. The van der Waals surface area contributed by atoms with Gasteiger partial charge in [0.1, 0.15) is 42.4 Å². The lowest BCUT2D eigenvalue weighted by atomic mass is 10.1. The molecule has 7 heteroatoms. The molecule has 154 valence electrons. The van der Waals surface area contributed by atoms with Crippen LogP contribution in [0.15, 0.2) is 66.9 Å². The predicted molar refractivity (Wildman–Crippen MR) is 113 cm³/mol. The summed E-state index contributed by atoms with van der Waals surface area (Å²) in [5.74, 6) is 0.403. The number of para-hydroxylation sites is 1. The van der Waals surface area contributed by atoms with Gasteiger partial charge < -0.3 is 9.47 Å². The van der Waals surface area contributed by atoms with Gasteiger partial charge in [-0.2, -0.15) is 0 Å². The average Bonchev–Trinajstić information content (AvgIpc) is 2.79. The van der Waals surface area contributed by atoms with E-state index in [9.17, 15) is 9.18 Å². The predicted octanol–water partition coefficient (Wildman–Crippen LogP) is 4.22. The first-order chi connectivity index (χ1) is 14.6. The second kappa shape index (κ2) is 9.13. The molecule has 2 heterocycles. The highest BCUT2D eigenvalue weighted by atomic mass is 35.5. The normalized spacial score (nSPS) is 15.3. The van der Waals surface area contributed by atoms with Crippen LogP contribution in [0.5, 0.6) is 11.6 Å². The summed E-state index contributed by atoms with van der Waals surface area (Å²) in [6, 6.07) is 17.2.